The van der Waals surface area contributed by atoms with Crippen LogP contribution >= 0.6 is 7.82 Å². The van der Waals surface area contributed by atoms with Crippen LogP contribution in [0, 0.1) is 0 Å². The number of hydrogen-bond donors (Lipinski definition) is 9. The zero-order valence-electron chi connectivity index (χ0n) is 19.3. The van der Waals surface area contributed by atoms with E-state index in [1.165, 1.54) is 19.6 Å². The van der Waals surface area contributed by atoms with E-state index < -0.39 is 82.4 Å². The van der Waals surface area contributed by atoms with E-state index in [0.717, 1.165) is 0 Å². The van der Waals surface area contributed by atoms with Crippen LogP contribution in [-0.2, 0) is 23.3 Å². The second-order valence-electron chi connectivity index (χ2n) is 7.89. The molecule has 2 aliphatic rings. The summed E-state index contributed by atoms with van der Waals surface area (Å²) in [4.78, 5) is 21.2. The number of quaternary nitrogens is 1. The van der Waals surface area contributed by atoms with Crippen molar-refractivity contribution in [1.82, 2.24) is 0 Å². The van der Waals surface area contributed by atoms with Crippen molar-refractivity contribution in [1.29, 1.82) is 0 Å². The van der Waals surface area contributed by atoms with Crippen LogP contribution in [-0.4, -0.2) is 135 Å². The first kappa shape index (κ1) is 31.7. The highest BCUT2D eigenvalue weighted by molar-refractivity contribution is 7.44. The largest absolute Gasteiger partial charge is 0.756 e. The Balaban J connectivity index is 0.000000718. The van der Waals surface area contributed by atoms with Crippen LogP contribution in [0.1, 0.15) is 20.8 Å². The van der Waals surface area contributed by atoms with Gasteiger partial charge < -0.3 is 64.6 Å². The number of aliphatic hydroxyl groups is 7. The van der Waals surface area contributed by atoms with Gasteiger partial charge in [-0.1, -0.05) is 0 Å². The third kappa shape index (κ3) is 8.65. The number of nitrogens with one attached hydrogen (secondary N) is 1. The lowest BCUT2D eigenvalue weighted by atomic mass is 9.97. The maximum atomic E-state index is 10.8. The molecular weight excluding hydrogens is 485 g/mol. The molecule has 2 fully saturated rings. The summed E-state index contributed by atoms with van der Waals surface area (Å²) >= 11 is 0. The summed E-state index contributed by atoms with van der Waals surface area (Å²) in [6, 6.07) is 0. The molecule has 0 spiro atoms. The van der Waals surface area contributed by atoms with Gasteiger partial charge >= 0.3 is 0 Å². The Labute approximate surface area is 197 Å². The molecule has 0 aromatic rings. The lowest BCUT2D eigenvalue weighted by molar-refractivity contribution is -0.894. The van der Waals surface area contributed by atoms with E-state index in [9.17, 15) is 40.1 Å². The Morgan fingerprint density at radius 1 is 0.794 bits per heavy atom. The summed E-state index contributed by atoms with van der Waals surface area (Å²) in [5.41, 5.74) is 0. The van der Waals surface area contributed by atoms with Crippen LogP contribution in [0.4, 0.5) is 0 Å². The molecule has 2 aliphatic heterocycles. The predicted molar refractivity (Wildman–Crippen MR) is 110 cm³/mol. The highest BCUT2D eigenvalue weighted by Gasteiger charge is 2.51. The highest BCUT2D eigenvalue weighted by Crippen LogP contribution is 2.37. The summed E-state index contributed by atoms with van der Waals surface area (Å²) in [7, 11) is -5.35. The van der Waals surface area contributed by atoms with Crippen molar-refractivity contribution in [3.8, 4) is 0 Å². The zero-order valence-corrected chi connectivity index (χ0v) is 20.2. The fraction of sp³-hybridized carbons (Fsp3) is 1.00. The van der Waals surface area contributed by atoms with E-state index >= 15 is 0 Å². The monoisotopic (exact) mass is 523 g/mol. The first-order chi connectivity index (χ1) is 15.8. The molecule has 0 aromatic heterocycles. The SMILES string of the molecule is CC[NH+](CC)CC.O=P([O-])(O)O[C@H]1O[C@H](CO)[C@@H](O[C@@H]2O[C@H](CO)[C@H](O)[C@H](O)[C@H]2O)[C@H](O)[C@@H]1O. The minimum absolute atomic E-state index is 0.744. The maximum Gasteiger partial charge on any atom is 0.267 e. The van der Waals surface area contributed by atoms with Gasteiger partial charge in [0, 0.05) is 0 Å². The molecule has 16 heteroatoms. The number of rotatable bonds is 9. The normalized spacial score (nSPS) is 40.4. The lowest BCUT2D eigenvalue weighted by Crippen LogP contribution is -3.11. The molecule has 2 heterocycles. The maximum absolute atomic E-state index is 10.8. The first-order valence-corrected chi connectivity index (χ1v) is 12.5. The van der Waals surface area contributed by atoms with Crippen molar-refractivity contribution >= 4 is 7.82 Å². The van der Waals surface area contributed by atoms with Crippen LogP contribution < -0.4 is 9.79 Å². The van der Waals surface area contributed by atoms with E-state index in [1.54, 1.807) is 4.90 Å². The van der Waals surface area contributed by atoms with Crippen molar-refractivity contribution in [2.45, 2.75) is 82.2 Å². The molecule has 1 unspecified atom stereocenters. The second-order valence-corrected chi connectivity index (χ2v) is 9.04. The molecule has 0 aromatic carbocycles. The lowest BCUT2D eigenvalue weighted by Gasteiger charge is -2.46. The Kier molecular flexibility index (Phi) is 13.4. The molecule has 0 bridgehead atoms. The highest BCUT2D eigenvalue weighted by atomic mass is 31.2. The standard InChI is InChI=1S/C12H23O14P.C6H15N/c13-1-3-5(15)6(16)8(18)11(23-3)25-10-4(2-14)24-12(9(19)7(10)17)26-27(20,21)22;1-4-7(5-2)6-3/h3-19H,1-2H2,(H2,20,21,22);4-6H2,1-3H3/t3-,4-,5+,6+,7-,8-,9+,10-,11+,12-;/m1./s1. The smallest absolute Gasteiger partial charge is 0.267 e. The van der Waals surface area contributed by atoms with Gasteiger partial charge in [0.05, 0.1) is 32.8 Å². The van der Waals surface area contributed by atoms with Gasteiger partial charge in [-0.25, -0.2) is 0 Å². The Bertz CT molecular complexity index is 612. The van der Waals surface area contributed by atoms with Crippen LogP contribution in [0.15, 0.2) is 0 Å². The fourth-order valence-electron chi connectivity index (χ4n) is 3.52. The topological polar surface area (TPSA) is 243 Å². The molecule has 0 radical (unpaired) electrons. The molecule has 15 nitrogen and oxygen atoms in total. The zero-order chi connectivity index (χ0) is 26.2. The van der Waals surface area contributed by atoms with Crippen LogP contribution in [0.5, 0.6) is 0 Å². The van der Waals surface area contributed by atoms with Crippen LogP contribution in [0.3, 0.4) is 0 Å². The van der Waals surface area contributed by atoms with Gasteiger partial charge in [0.15, 0.2) is 12.6 Å². The Morgan fingerprint density at radius 2 is 1.26 bits per heavy atom. The van der Waals surface area contributed by atoms with E-state index in [-0.39, 0.29) is 0 Å². The number of ether oxygens (including phenoxy) is 3. The van der Waals surface area contributed by atoms with Gasteiger partial charge in [-0.05, 0) is 20.8 Å². The molecule has 11 atom stereocenters. The molecule has 0 saturated carbocycles. The van der Waals surface area contributed by atoms with Crippen molar-refractivity contribution in [3.05, 3.63) is 0 Å². The summed E-state index contributed by atoms with van der Waals surface area (Å²) < 4.78 is 30.2. The molecule has 0 aliphatic carbocycles. The Morgan fingerprint density at radius 3 is 1.68 bits per heavy atom. The van der Waals surface area contributed by atoms with Crippen molar-refractivity contribution in [2.24, 2.45) is 0 Å². The summed E-state index contributed by atoms with van der Waals surface area (Å²) in [5, 5.41) is 68.0. The number of phosphoric ester groups is 1. The van der Waals surface area contributed by atoms with Gasteiger partial charge in [-0.15, -0.1) is 0 Å². The van der Waals surface area contributed by atoms with Gasteiger partial charge in [-0.2, -0.15) is 0 Å². The minimum atomic E-state index is -5.35. The van der Waals surface area contributed by atoms with Gasteiger partial charge in [0.25, 0.3) is 7.82 Å². The molecule has 9 N–H and O–H groups in total. The predicted octanol–water partition coefficient (Wildman–Crippen LogP) is -5.98. The van der Waals surface area contributed by atoms with Crippen LogP contribution in [0.25, 0.3) is 0 Å². The van der Waals surface area contributed by atoms with E-state index in [0.29, 0.717) is 0 Å². The second kappa shape index (κ2) is 14.4. The third-order valence-electron chi connectivity index (χ3n) is 5.70. The average Bonchev–Trinajstić information content (AvgIpc) is 2.79. The van der Waals surface area contributed by atoms with Gasteiger partial charge in [-0.3, -0.25) is 9.09 Å². The minimum Gasteiger partial charge on any atom is -0.756 e. The third-order valence-corrected chi connectivity index (χ3v) is 6.17. The summed E-state index contributed by atoms with van der Waals surface area (Å²) in [5.74, 6) is 0. The summed E-state index contributed by atoms with van der Waals surface area (Å²) in [6.45, 7) is 8.87. The number of aliphatic hydroxyl groups excluding tert-OH is 7. The number of hydrogen-bond acceptors (Lipinski definition) is 13. The van der Waals surface area contributed by atoms with Crippen molar-refractivity contribution < 1.29 is 73.7 Å². The average molecular weight is 523 g/mol. The van der Waals surface area contributed by atoms with Crippen LogP contribution in [0.2, 0.25) is 0 Å². The molecule has 0 amide bonds. The van der Waals surface area contributed by atoms with Crippen molar-refractivity contribution in [2.75, 3.05) is 32.8 Å². The Hall–Kier alpha value is -0.330. The molecule has 34 heavy (non-hydrogen) atoms. The van der Waals surface area contributed by atoms with E-state index in [1.807, 2.05) is 0 Å². The molecular formula is C18H38NO14P. The first-order valence-electron chi connectivity index (χ1n) is 11.0. The van der Waals surface area contributed by atoms with Gasteiger partial charge in [0.2, 0.25) is 0 Å². The molecule has 2 saturated heterocycles. The number of phosphoric acid groups is 1. The van der Waals surface area contributed by atoms with E-state index in [4.69, 9.17) is 24.2 Å². The molecule has 204 valence electrons. The fourth-order valence-corrected chi connectivity index (χ4v) is 3.96. The van der Waals surface area contributed by atoms with E-state index in [2.05, 4.69) is 25.3 Å². The van der Waals surface area contributed by atoms with Gasteiger partial charge in [0.1, 0.15) is 48.8 Å². The quantitative estimate of drug-likeness (QED) is 0.128. The summed E-state index contributed by atoms with van der Waals surface area (Å²) in [6.07, 6.45) is -17.5. The molecule has 2 rings (SSSR count). The van der Waals surface area contributed by atoms with Crippen molar-refractivity contribution in [3.63, 3.8) is 0 Å².